The summed E-state index contributed by atoms with van der Waals surface area (Å²) in [5.74, 6) is 0.965. The van der Waals surface area contributed by atoms with Crippen molar-refractivity contribution in [2.75, 3.05) is 6.54 Å². The molecule has 94 valence electrons. The summed E-state index contributed by atoms with van der Waals surface area (Å²) in [6.07, 6.45) is 8.14. The summed E-state index contributed by atoms with van der Waals surface area (Å²) < 4.78 is 1.96. The van der Waals surface area contributed by atoms with Gasteiger partial charge in [-0.1, -0.05) is 12.8 Å². The summed E-state index contributed by atoms with van der Waals surface area (Å²) in [5, 5.41) is 2.91. The molecule has 5 nitrogen and oxygen atoms in total. The smallest absolute Gasteiger partial charge is 0.240 e. The Kier molecular flexibility index (Phi) is 3.47. The lowest BCUT2D eigenvalue weighted by molar-refractivity contribution is -0.126. The third-order valence-corrected chi connectivity index (χ3v) is 3.50. The quantitative estimate of drug-likeness (QED) is 0.792. The molecule has 3 N–H and O–H groups in total. The fraction of sp³-hybridized carbons (Fsp3) is 0.667. The second-order valence-electron chi connectivity index (χ2n) is 4.82. The molecule has 1 aliphatic carbocycles. The average molecular weight is 236 g/mol. The van der Waals surface area contributed by atoms with E-state index in [4.69, 9.17) is 5.73 Å². The number of nitrogens with zero attached hydrogens (tertiary/aromatic N) is 2. The number of hydrogen-bond donors (Lipinski definition) is 2. The standard InChI is InChI=1S/C12H20N4O/c1-16-9-8-14-10(16)4-7-15-11(17)12(13)5-2-3-6-12/h8-9H,2-7,13H2,1H3,(H,15,17). The number of amides is 1. The first-order valence-electron chi connectivity index (χ1n) is 6.15. The highest BCUT2D eigenvalue weighted by atomic mass is 16.2. The monoisotopic (exact) mass is 236 g/mol. The number of nitrogens with two attached hydrogens (primary N) is 1. The van der Waals surface area contributed by atoms with Crippen LogP contribution in [0.4, 0.5) is 0 Å². The van der Waals surface area contributed by atoms with E-state index in [9.17, 15) is 4.79 Å². The molecule has 0 atom stereocenters. The number of hydrogen-bond acceptors (Lipinski definition) is 3. The maximum Gasteiger partial charge on any atom is 0.240 e. The van der Waals surface area contributed by atoms with Gasteiger partial charge in [0.15, 0.2) is 0 Å². The van der Waals surface area contributed by atoms with E-state index in [1.54, 1.807) is 6.20 Å². The number of aromatic nitrogens is 2. The Morgan fingerprint density at radius 3 is 2.88 bits per heavy atom. The van der Waals surface area contributed by atoms with Gasteiger partial charge >= 0.3 is 0 Å². The SMILES string of the molecule is Cn1ccnc1CCNC(=O)C1(N)CCCC1. The first-order valence-corrected chi connectivity index (χ1v) is 6.15. The van der Waals surface area contributed by atoms with Gasteiger partial charge in [-0.3, -0.25) is 4.79 Å². The van der Waals surface area contributed by atoms with Gasteiger partial charge < -0.3 is 15.6 Å². The van der Waals surface area contributed by atoms with E-state index in [0.29, 0.717) is 6.54 Å². The number of nitrogens with one attached hydrogen (secondary N) is 1. The first-order chi connectivity index (χ1) is 8.12. The molecular formula is C12H20N4O. The Labute approximate surface area is 101 Å². The van der Waals surface area contributed by atoms with E-state index < -0.39 is 5.54 Å². The highest BCUT2D eigenvalue weighted by Crippen LogP contribution is 2.27. The lowest BCUT2D eigenvalue weighted by atomic mass is 9.98. The van der Waals surface area contributed by atoms with Gasteiger partial charge in [0.05, 0.1) is 5.54 Å². The van der Waals surface area contributed by atoms with Crippen LogP contribution in [0.5, 0.6) is 0 Å². The van der Waals surface area contributed by atoms with Gasteiger partial charge in [0, 0.05) is 32.4 Å². The molecule has 0 bridgehead atoms. The summed E-state index contributed by atoms with van der Waals surface area (Å²) in [5.41, 5.74) is 5.44. The van der Waals surface area contributed by atoms with Gasteiger partial charge in [-0.15, -0.1) is 0 Å². The summed E-state index contributed by atoms with van der Waals surface area (Å²) in [7, 11) is 1.95. The molecule has 1 fully saturated rings. The molecule has 1 heterocycles. The third kappa shape index (κ3) is 2.66. The molecule has 17 heavy (non-hydrogen) atoms. The molecule has 0 spiro atoms. The van der Waals surface area contributed by atoms with Crippen LogP contribution >= 0.6 is 0 Å². The van der Waals surface area contributed by atoms with Crippen LogP contribution in [0.1, 0.15) is 31.5 Å². The fourth-order valence-corrected chi connectivity index (χ4v) is 2.33. The van der Waals surface area contributed by atoms with E-state index in [-0.39, 0.29) is 5.91 Å². The van der Waals surface area contributed by atoms with Crippen LogP contribution in [0.25, 0.3) is 0 Å². The highest BCUT2D eigenvalue weighted by Gasteiger charge is 2.36. The van der Waals surface area contributed by atoms with Crippen LogP contribution in [-0.2, 0) is 18.3 Å². The zero-order valence-corrected chi connectivity index (χ0v) is 10.3. The maximum atomic E-state index is 11.9. The predicted molar refractivity (Wildman–Crippen MR) is 65.3 cm³/mol. The highest BCUT2D eigenvalue weighted by molar-refractivity contribution is 5.86. The number of carbonyl (C=O) groups is 1. The van der Waals surface area contributed by atoms with Gasteiger partial charge in [0.1, 0.15) is 5.82 Å². The minimum atomic E-state index is -0.623. The number of aryl methyl sites for hydroxylation is 1. The van der Waals surface area contributed by atoms with Crippen molar-refractivity contribution in [2.45, 2.75) is 37.6 Å². The van der Waals surface area contributed by atoms with Gasteiger partial charge in [0.25, 0.3) is 0 Å². The van der Waals surface area contributed by atoms with E-state index >= 15 is 0 Å². The Morgan fingerprint density at radius 2 is 2.29 bits per heavy atom. The minimum Gasteiger partial charge on any atom is -0.354 e. The largest absolute Gasteiger partial charge is 0.354 e. The van der Waals surface area contributed by atoms with Crippen LogP contribution in [0, 0.1) is 0 Å². The predicted octanol–water partition coefficient (Wildman–Crippen LogP) is 0.350. The Morgan fingerprint density at radius 1 is 1.59 bits per heavy atom. The van der Waals surface area contributed by atoms with Gasteiger partial charge in [-0.05, 0) is 12.8 Å². The van der Waals surface area contributed by atoms with Gasteiger partial charge in [-0.25, -0.2) is 4.98 Å². The molecule has 0 aromatic carbocycles. The van der Waals surface area contributed by atoms with E-state index in [1.807, 2.05) is 17.8 Å². The van der Waals surface area contributed by atoms with E-state index in [1.165, 1.54) is 0 Å². The summed E-state index contributed by atoms with van der Waals surface area (Å²) in [4.78, 5) is 16.1. The molecule has 1 aromatic rings. The molecule has 1 aromatic heterocycles. The zero-order valence-electron chi connectivity index (χ0n) is 10.3. The fourth-order valence-electron chi connectivity index (χ4n) is 2.33. The number of imidazole rings is 1. The van der Waals surface area contributed by atoms with Crippen molar-refractivity contribution in [2.24, 2.45) is 12.8 Å². The summed E-state index contributed by atoms with van der Waals surface area (Å²) in [6, 6.07) is 0. The Hall–Kier alpha value is -1.36. The van der Waals surface area contributed by atoms with Crippen LogP contribution in [-0.4, -0.2) is 27.5 Å². The molecule has 0 radical (unpaired) electrons. The second kappa shape index (κ2) is 4.87. The van der Waals surface area contributed by atoms with Gasteiger partial charge in [-0.2, -0.15) is 0 Å². The molecule has 1 aliphatic rings. The third-order valence-electron chi connectivity index (χ3n) is 3.50. The Balaban J connectivity index is 1.79. The van der Waals surface area contributed by atoms with Crippen LogP contribution < -0.4 is 11.1 Å². The zero-order chi connectivity index (χ0) is 12.3. The molecule has 0 saturated heterocycles. The molecular weight excluding hydrogens is 216 g/mol. The lowest BCUT2D eigenvalue weighted by Gasteiger charge is -2.22. The second-order valence-corrected chi connectivity index (χ2v) is 4.82. The lowest BCUT2D eigenvalue weighted by Crippen LogP contribution is -2.52. The minimum absolute atomic E-state index is 0.00999. The van der Waals surface area contributed by atoms with Crippen molar-refractivity contribution < 1.29 is 4.79 Å². The van der Waals surface area contributed by atoms with Crippen molar-refractivity contribution in [1.82, 2.24) is 14.9 Å². The van der Waals surface area contributed by atoms with Gasteiger partial charge in [0.2, 0.25) is 5.91 Å². The van der Waals surface area contributed by atoms with Crippen molar-refractivity contribution in [3.05, 3.63) is 18.2 Å². The first kappa shape index (κ1) is 12.1. The molecule has 0 unspecified atom stereocenters. The van der Waals surface area contributed by atoms with E-state index in [2.05, 4.69) is 10.3 Å². The topological polar surface area (TPSA) is 72.9 Å². The number of rotatable bonds is 4. The maximum absolute atomic E-state index is 11.9. The average Bonchev–Trinajstić information content (AvgIpc) is 2.89. The van der Waals surface area contributed by atoms with Crippen molar-refractivity contribution in [3.63, 3.8) is 0 Å². The van der Waals surface area contributed by atoms with E-state index in [0.717, 1.165) is 37.9 Å². The van der Waals surface area contributed by atoms with Crippen LogP contribution in [0.2, 0.25) is 0 Å². The van der Waals surface area contributed by atoms with Crippen LogP contribution in [0.15, 0.2) is 12.4 Å². The molecule has 2 rings (SSSR count). The Bertz CT molecular complexity index is 393. The number of carbonyl (C=O) groups excluding carboxylic acids is 1. The van der Waals surface area contributed by atoms with Crippen molar-refractivity contribution >= 4 is 5.91 Å². The van der Waals surface area contributed by atoms with Crippen molar-refractivity contribution in [3.8, 4) is 0 Å². The normalized spacial score (nSPS) is 18.2. The molecule has 1 amide bonds. The molecule has 0 aliphatic heterocycles. The molecule has 1 saturated carbocycles. The summed E-state index contributed by atoms with van der Waals surface area (Å²) in [6.45, 7) is 0.600. The molecule has 5 heteroatoms. The summed E-state index contributed by atoms with van der Waals surface area (Å²) >= 11 is 0. The van der Waals surface area contributed by atoms with Crippen LogP contribution in [0.3, 0.4) is 0 Å². The van der Waals surface area contributed by atoms with Crippen molar-refractivity contribution in [1.29, 1.82) is 0 Å².